The maximum atomic E-state index is 12.3. The summed E-state index contributed by atoms with van der Waals surface area (Å²) in [5.41, 5.74) is 6.05. The molecule has 19 heavy (non-hydrogen) atoms. The molecule has 1 aliphatic rings. The van der Waals surface area contributed by atoms with E-state index in [1.165, 1.54) is 10.5 Å². The Morgan fingerprint density at radius 2 is 2.26 bits per heavy atom. The van der Waals surface area contributed by atoms with E-state index in [-0.39, 0.29) is 11.9 Å². The molecule has 1 atom stereocenters. The summed E-state index contributed by atoms with van der Waals surface area (Å²) in [5, 5.41) is 0. The lowest BCUT2D eigenvalue weighted by atomic mass is 10.1. The SMILES string of the molecule is CC1CCCCN1S(=O)(=O)Nc1ncc(N)cc1Br. The quantitative estimate of drug-likeness (QED) is 0.873. The first-order chi connectivity index (χ1) is 8.90. The Bertz CT molecular complexity index is 564. The van der Waals surface area contributed by atoms with Gasteiger partial charge in [-0.3, -0.25) is 4.72 Å². The van der Waals surface area contributed by atoms with Crippen molar-refractivity contribution in [2.75, 3.05) is 17.0 Å². The average molecular weight is 349 g/mol. The molecule has 0 aromatic carbocycles. The van der Waals surface area contributed by atoms with Gasteiger partial charge < -0.3 is 5.73 Å². The van der Waals surface area contributed by atoms with Gasteiger partial charge in [-0.25, -0.2) is 4.98 Å². The van der Waals surface area contributed by atoms with Crippen molar-refractivity contribution in [2.24, 2.45) is 0 Å². The minimum Gasteiger partial charge on any atom is -0.397 e. The molecule has 0 amide bonds. The first kappa shape index (κ1) is 14.5. The molecule has 1 unspecified atom stereocenters. The summed E-state index contributed by atoms with van der Waals surface area (Å²) in [5.74, 6) is 0.256. The van der Waals surface area contributed by atoms with Crippen LogP contribution >= 0.6 is 15.9 Å². The predicted octanol–water partition coefficient (Wildman–Crippen LogP) is 1.96. The lowest BCUT2D eigenvalue weighted by molar-refractivity contribution is 0.270. The molecule has 1 saturated heterocycles. The number of piperidine rings is 1. The lowest BCUT2D eigenvalue weighted by Gasteiger charge is -2.32. The first-order valence-electron chi connectivity index (χ1n) is 6.11. The second-order valence-electron chi connectivity index (χ2n) is 4.66. The summed E-state index contributed by atoms with van der Waals surface area (Å²) in [7, 11) is -3.57. The standard InChI is InChI=1S/C11H17BrN4O2S/c1-8-4-2-3-5-16(8)19(17,18)15-11-10(12)6-9(13)7-14-11/h6-8H,2-5,13H2,1H3,(H,14,15). The summed E-state index contributed by atoms with van der Waals surface area (Å²) < 4.78 is 29.2. The monoisotopic (exact) mass is 348 g/mol. The molecule has 2 heterocycles. The van der Waals surface area contributed by atoms with Gasteiger partial charge in [-0.05, 0) is 41.8 Å². The number of hydrogen-bond donors (Lipinski definition) is 2. The number of hydrogen-bond acceptors (Lipinski definition) is 4. The number of halogens is 1. The van der Waals surface area contributed by atoms with E-state index in [0.29, 0.717) is 16.7 Å². The van der Waals surface area contributed by atoms with Gasteiger partial charge in [-0.15, -0.1) is 0 Å². The number of pyridine rings is 1. The van der Waals surface area contributed by atoms with E-state index in [1.54, 1.807) is 6.07 Å². The van der Waals surface area contributed by atoms with Crippen LogP contribution in [0.15, 0.2) is 16.7 Å². The molecule has 0 saturated carbocycles. The molecule has 1 fully saturated rings. The summed E-state index contributed by atoms with van der Waals surface area (Å²) in [6.45, 7) is 2.47. The Morgan fingerprint density at radius 1 is 1.53 bits per heavy atom. The maximum absolute atomic E-state index is 12.3. The second-order valence-corrected chi connectivity index (χ2v) is 7.14. The van der Waals surface area contributed by atoms with Crippen LogP contribution in [0.3, 0.4) is 0 Å². The maximum Gasteiger partial charge on any atom is 0.303 e. The molecule has 2 rings (SSSR count). The first-order valence-corrected chi connectivity index (χ1v) is 8.34. The highest BCUT2D eigenvalue weighted by atomic mass is 79.9. The molecule has 0 spiro atoms. The third-order valence-electron chi connectivity index (χ3n) is 3.14. The van der Waals surface area contributed by atoms with Crippen LogP contribution in [0, 0.1) is 0 Å². The van der Waals surface area contributed by atoms with E-state index in [1.807, 2.05) is 6.92 Å². The molecule has 0 aliphatic carbocycles. The fourth-order valence-electron chi connectivity index (χ4n) is 2.14. The van der Waals surface area contributed by atoms with Crippen molar-refractivity contribution in [2.45, 2.75) is 32.2 Å². The summed E-state index contributed by atoms with van der Waals surface area (Å²) >= 11 is 3.25. The zero-order valence-corrected chi connectivity index (χ0v) is 13.0. The van der Waals surface area contributed by atoms with Gasteiger partial charge in [0, 0.05) is 12.6 Å². The number of nitrogens with zero attached hydrogens (tertiary/aromatic N) is 2. The van der Waals surface area contributed by atoms with E-state index in [4.69, 9.17) is 5.73 Å². The van der Waals surface area contributed by atoms with Gasteiger partial charge in [0.1, 0.15) is 0 Å². The number of nitrogens with two attached hydrogens (primary N) is 1. The fourth-order valence-corrected chi connectivity index (χ4v) is 4.21. The summed E-state index contributed by atoms with van der Waals surface area (Å²) in [6, 6.07) is 1.63. The molecule has 3 N–H and O–H groups in total. The molecule has 0 radical (unpaired) electrons. The third-order valence-corrected chi connectivity index (χ3v) is 5.35. The lowest BCUT2D eigenvalue weighted by Crippen LogP contribution is -2.45. The van der Waals surface area contributed by atoms with Crippen LogP contribution in [-0.4, -0.2) is 30.3 Å². The van der Waals surface area contributed by atoms with Crippen molar-refractivity contribution in [3.8, 4) is 0 Å². The highest BCUT2D eigenvalue weighted by molar-refractivity contribution is 9.10. The van der Waals surface area contributed by atoms with Crippen molar-refractivity contribution in [1.82, 2.24) is 9.29 Å². The fraction of sp³-hybridized carbons (Fsp3) is 0.545. The van der Waals surface area contributed by atoms with Crippen LogP contribution < -0.4 is 10.5 Å². The molecule has 1 aromatic heterocycles. The topological polar surface area (TPSA) is 88.3 Å². The van der Waals surface area contributed by atoms with Crippen LogP contribution in [0.1, 0.15) is 26.2 Å². The molecular weight excluding hydrogens is 332 g/mol. The number of anilines is 2. The van der Waals surface area contributed by atoms with Crippen molar-refractivity contribution in [1.29, 1.82) is 0 Å². The van der Waals surface area contributed by atoms with Gasteiger partial charge in [-0.1, -0.05) is 6.42 Å². The van der Waals surface area contributed by atoms with Crippen LogP contribution in [0.4, 0.5) is 11.5 Å². The summed E-state index contributed by atoms with van der Waals surface area (Å²) in [4.78, 5) is 3.99. The predicted molar refractivity (Wildman–Crippen MR) is 78.9 cm³/mol. The Morgan fingerprint density at radius 3 is 2.89 bits per heavy atom. The third kappa shape index (κ3) is 3.37. The van der Waals surface area contributed by atoms with Crippen LogP contribution in [0.2, 0.25) is 0 Å². The number of nitrogens with one attached hydrogen (secondary N) is 1. The molecule has 8 heteroatoms. The van der Waals surface area contributed by atoms with Crippen LogP contribution in [-0.2, 0) is 10.2 Å². The van der Waals surface area contributed by atoms with Gasteiger partial charge in [0.15, 0.2) is 5.82 Å². The zero-order chi connectivity index (χ0) is 14.0. The molecule has 1 aromatic rings. The smallest absolute Gasteiger partial charge is 0.303 e. The molecule has 106 valence electrons. The second kappa shape index (κ2) is 5.64. The highest BCUT2D eigenvalue weighted by Gasteiger charge is 2.30. The van der Waals surface area contributed by atoms with E-state index >= 15 is 0 Å². The Balaban J connectivity index is 2.20. The number of nitrogen functional groups attached to an aromatic ring is 1. The number of rotatable bonds is 3. The Kier molecular flexibility index (Phi) is 4.32. The van der Waals surface area contributed by atoms with E-state index in [0.717, 1.165) is 19.3 Å². The van der Waals surface area contributed by atoms with Crippen LogP contribution in [0.5, 0.6) is 0 Å². The minimum atomic E-state index is -3.57. The molecular formula is C11H17BrN4O2S. The van der Waals surface area contributed by atoms with Gasteiger partial charge in [-0.2, -0.15) is 12.7 Å². The largest absolute Gasteiger partial charge is 0.397 e. The average Bonchev–Trinajstić information content (AvgIpc) is 2.33. The zero-order valence-electron chi connectivity index (χ0n) is 10.6. The number of aromatic nitrogens is 1. The van der Waals surface area contributed by atoms with Gasteiger partial charge in [0.05, 0.1) is 16.4 Å². The van der Waals surface area contributed by atoms with Gasteiger partial charge in [0.25, 0.3) is 0 Å². The van der Waals surface area contributed by atoms with Crippen molar-refractivity contribution in [3.05, 3.63) is 16.7 Å². The van der Waals surface area contributed by atoms with Crippen molar-refractivity contribution < 1.29 is 8.42 Å². The van der Waals surface area contributed by atoms with Gasteiger partial charge in [0.2, 0.25) is 0 Å². The van der Waals surface area contributed by atoms with E-state index in [2.05, 4.69) is 25.6 Å². The van der Waals surface area contributed by atoms with E-state index < -0.39 is 10.2 Å². The van der Waals surface area contributed by atoms with Crippen molar-refractivity contribution >= 4 is 37.6 Å². The molecule has 0 bridgehead atoms. The Hall–Kier alpha value is -0.860. The Labute approximate surface area is 121 Å². The molecule has 6 nitrogen and oxygen atoms in total. The normalized spacial score (nSPS) is 21.3. The molecule has 1 aliphatic heterocycles. The van der Waals surface area contributed by atoms with E-state index in [9.17, 15) is 8.42 Å². The van der Waals surface area contributed by atoms with Crippen LogP contribution in [0.25, 0.3) is 0 Å². The minimum absolute atomic E-state index is 0.0128. The highest BCUT2D eigenvalue weighted by Crippen LogP contribution is 2.25. The summed E-state index contributed by atoms with van der Waals surface area (Å²) in [6.07, 6.45) is 4.26. The van der Waals surface area contributed by atoms with Crippen molar-refractivity contribution in [3.63, 3.8) is 0 Å². The van der Waals surface area contributed by atoms with Gasteiger partial charge >= 0.3 is 10.2 Å².